The maximum absolute atomic E-state index is 12.5. The van der Waals surface area contributed by atoms with E-state index in [0.29, 0.717) is 0 Å². The second-order valence-corrected chi connectivity index (χ2v) is 6.70. The number of carbonyl (C=O) groups is 3. The molecule has 3 rings (SSSR count). The van der Waals surface area contributed by atoms with E-state index < -0.39 is 122 Å². The molecule has 234 valence electrons. The summed E-state index contributed by atoms with van der Waals surface area (Å²) in [5.74, 6) is -43.1. The van der Waals surface area contributed by atoms with Gasteiger partial charge in [-0.15, -0.1) is 0 Å². The summed E-state index contributed by atoms with van der Waals surface area (Å²) in [5, 5.41) is 30.0. The predicted molar refractivity (Wildman–Crippen MR) is 91.7 cm³/mol. The Morgan fingerprint density at radius 1 is 0.279 bits per heavy atom. The summed E-state index contributed by atoms with van der Waals surface area (Å²) in [6.45, 7) is 0. The van der Waals surface area contributed by atoms with Crippen LogP contribution in [0.3, 0.4) is 0 Å². The Bertz CT molecular complexity index is 1350. The molecule has 0 bridgehead atoms. The van der Waals surface area contributed by atoms with Crippen molar-refractivity contribution in [1.29, 1.82) is 0 Å². The van der Waals surface area contributed by atoms with Crippen molar-refractivity contribution in [3.63, 3.8) is 0 Å². The number of hydrogen-bond donors (Lipinski definition) is 0. The van der Waals surface area contributed by atoms with Crippen LogP contribution < -0.4 is 15.3 Å². The predicted octanol–water partition coefficient (Wildman–Crippen LogP) is 2.23. The molecule has 0 atom stereocenters. The Kier molecular flexibility index (Phi) is 13.2. The number of hydrogen-bond acceptors (Lipinski definition) is 6. The Morgan fingerprint density at radius 3 is 0.465 bits per heavy atom. The fraction of sp³-hybridized carbons (Fsp3) is 0. The maximum Gasteiger partial charge on any atom is 3.00 e. The molecule has 0 N–H and O–H groups in total. The smallest absolute Gasteiger partial charge is 0.545 e. The van der Waals surface area contributed by atoms with Crippen LogP contribution in [0, 0.1) is 87.3 Å². The number of rotatable bonds is 3. The van der Waals surface area contributed by atoms with E-state index in [-0.39, 0.29) is 19.5 Å². The van der Waals surface area contributed by atoms with Gasteiger partial charge in [-0.3, -0.25) is 0 Å². The summed E-state index contributed by atoms with van der Waals surface area (Å²) in [6, 6.07) is 0. The Hall–Kier alpha value is -4.36. The molecular formula is C21F15O6Rh. The van der Waals surface area contributed by atoms with E-state index >= 15 is 0 Å². The number of carbonyl (C=O) groups excluding carboxylic acids is 3. The van der Waals surface area contributed by atoms with Gasteiger partial charge in [0.2, 0.25) is 17.5 Å². The van der Waals surface area contributed by atoms with Gasteiger partial charge in [-0.25, -0.2) is 65.9 Å². The molecule has 0 saturated heterocycles. The molecule has 22 heteroatoms. The van der Waals surface area contributed by atoms with Gasteiger partial charge in [0.25, 0.3) is 0 Å². The van der Waals surface area contributed by atoms with Crippen molar-refractivity contribution in [3.8, 4) is 0 Å². The van der Waals surface area contributed by atoms with Crippen LogP contribution in [0.25, 0.3) is 0 Å². The van der Waals surface area contributed by atoms with Crippen LogP contribution in [-0.2, 0) is 19.5 Å². The van der Waals surface area contributed by atoms with Crippen molar-refractivity contribution in [2.45, 2.75) is 0 Å². The third kappa shape index (κ3) is 7.54. The number of carboxylic acids is 3. The standard InChI is InChI=1S/3C7HF5O2.Rh/c3*8-2-1(7(13)14)3(9)5(11)6(12)4(2)10;/h3*(H,13,14);/q;;;+3/p-3. The van der Waals surface area contributed by atoms with Crippen LogP contribution in [0.4, 0.5) is 65.9 Å². The summed E-state index contributed by atoms with van der Waals surface area (Å²) in [5.41, 5.74) is -5.91. The number of benzene rings is 3. The van der Waals surface area contributed by atoms with Gasteiger partial charge in [0.1, 0.15) is 0 Å². The van der Waals surface area contributed by atoms with E-state index in [4.69, 9.17) is 0 Å². The van der Waals surface area contributed by atoms with Crippen LogP contribution in [0.15, 0.2) is 0 Å². The molecule has 0 spiro atoms. The quantitative estimate of drug-likeness (QED) is 0.176. The average Bonchev–Trinajstić information content (AvgIpc) is 2.91. The maximum atomic E-state index is 12.5. The van der Waals surface area contributed by atoms with Crippen LogP contribution in [0.5, 0.6) is 0 Å². The summed E-state index contributed by atoms with van der Waals surface area (Å²) in [6.07, 6.45) is 0. The Morgan fingerprint density at radius 2 is 0.372 bits per heavy atom. The van der Waals surface area contributed by atoms with Crippen molar-refractivity contribution < 1.29 is 115 Å². The van der Waals surface area contributed by atoms with Crippen LogP contribution in [0.1, 0.15) is 31.1 Å². The van der Waals surface area contributed by atoms with E-state index in [2.05, 4.69) is 0 Å². The molecule has 0 saturated carbocycles. The minimum atomic E-state index is -2.47. The SMILES string of the molecule is O=C([O-])c1c(F)c(F)c(F)c(F)c1F.O=C([O-])c1c(F)c(F)c(F)c(F)c1F.O=C([O-])c1c(F)c(F)c(F)c(F)c1F.[Rh+3]. The van der Waals surface area contributed by atoms with Gasteiger partial charge in [0, 0.05) is 0 Å². The van der Waals surface area contributed by atoms with Gasteiger partial charge >= 0.3 is 19.5 Å². The van der Waals surface area contributed by atoms with Gasteiger partial charge < -0.3 is 29.7 Å². The molecule has 0 aliphatic heterocycles. The van der Waals surface area contributed by atoms with E-state index in [1.807, 2.05) is 0 Å². The van der Waals surface area contributed by atoms with Gasteiger partial charge in [0.05, 0.1) is 34.6 Å². The van der Waals surface area contributed by atoms with E-state index in [1.54, 1.807) is 0 Å². The Labute approximate surface area is 237 Å². The monoisotopic (exact) mass is 736 g/mol. The molecule has 0 radical (unpaired) electrons. The zero-order valence-electron chi connectivity index (χ0n) is 19.0. The summed E-state index contributed by atoms with van der Waals surface area (Å²) < 4.78 is 186. The molecule has 43 heavy (non-hydrogen) atoms. The topological polar surface area (TPSA) is 120 Å². The number of carboxylic acid groups (broad SMARTS) is 3. The van der Waals surface area contributed by atoms with E-state index in [9.17, 15) is 95.6 Å². The van der Waals surface area contributed by atoms with Crippen LogP contribution in [0.2, 0.25) is 0 Å². The Balaban J connectivity index is 0.000000608. The number of aromatic carboxylic acids is 3. The third-order valence-electron chi connectivity index (χ3n) is 4.24. The minimum absolute atomic E-state index is 0. The normalized spacial score (nSPS) is 10.1. The molecule has 6 nitrogen and oxygen atoms in total. The van der Waals surface area contributed by atoms with Crippen LogP contribution in [-0.4, -0.2) is 17.9 Å². The molecular weight excluding hydrogens is 736 g/mol. The molecule has 0 unspecified atom stereocenters. The molecule has 0 heterocycles. The largest absolute Gasteiger partial charge is 3.00 e. The second kappa shape index (κ2) is 14.7. The first kappa shape index (κ1) is 38.6. The molecule has 0 aliphatic rings. The second-order valence-electron chi connectivity index (χ2n) is 6.70. The first-order chi connectivity index (χ1) is 19.1. The molecule has 0 aliphatic carbocycles. The summed E-state index contributed by atoms with van der Waals surface area (Å²) >= 11 is 0. The summed E-state index contributed by atoms with van der Waals surface area (Å²) in [4.78, 5) is 30.0. The van der Waals surface area contributed by atoms with E-state index in [1.165, 1.54) is 0 Å². The van der Waals surface area contributed by atoms with Gasteiger partial charge in [-0.1, -0.05) is 0 Å². The van der Waals surface area contributed by atoms with Gasteiger partial charge in [0.15, 0.2) is 69.8 Å². The minimum Gasteiger partial charge on any atom is -0.545 e. The summed E-state index contributed by atoms with van der Waals surface area (Å²) in [7, 11) is 0. The fourth-order valence-corrected chi connectivity index (χ4v) is 2.35. The molecule has 0 fully saturated rings. The fourth-order valence-electron chi connectivity index (χ4n) is 2.35. The van der Waals surface area contributed by atoms with E-state index in [0.717, 1.165) is 0 Å². The van der Waals surface area contributed by atoms with Crippen molar-refractivity contribution in [1.82, 2.24) is 0 Å². The molecule has 0 aromatic heterocycles. The van der Waals surface area contributed by atoms with Gasteiger partial charge in [-0.05, 0) is 0 Å². The molecule has 0 amide bonds. The number of halogens is 15. The zero-order valence-corrected chi connectivity index (χ0v) is 20.6. The first-order valence-corrected chi connectivity index (χ1v) is 9.31. The zero-order chi connectivity index (χ0) is 33.1. The van der Waals surface area contributed by atoms with Crippen molar-refractivity contribution in [3.05, 3.63) is 104 Å². The third-order valence-corrected chi connectivity index (χ3v) is 4.24. The van der Waals surface area contributed by atoms with Gasteiger partial charge in [-0.2, -0.15) is 0 Å². The van der Waals surface area contributed by atoms with Crippen molar-refractivity contribution >= 4 is 17.9 Å². The molecule has 3 aromatic carbocycles. The van der Waals surface area contributed by atoms with Crippen molar-refractivity contribution in [2.24, 2.45) is 0 Å². The van der Waals surface area contributed by atoms with Crippen molar-refractivity contribution in [2.75, 3.05) is 0 Å². The van der Waals surface area contributed by atoms with Crippen LogP contribution >= 0.6 is 0 Å². The first-order valence-electron chi connectivity index (χ1n) is 9.31. The average molecular weight is 736 g/mol. The molecule has 3 aromatic rings.